The lowest BCUT2D eigenvalue weighted by molar-refractivity contribution is -0.385. The summed E-state index contributed by atoms with van der Waals surface area (Å²) in [6, 6.07) is 4.66. The molecule has 1 saturated heterocycles. The van der Waals surface area contributed by atoms with E-state index in [9.17, 15) is 15.2 Å². The molecule has 1 aromatic rings. The molecule has 0 atom stereocenters. The van der Waals surface area contributed by atoms with Crippen molar-refractivity contribution in [1.82, 2.24) is 5.32 Å². The van der Waals surface area contributed by atoms with Crippen LogP contribution in [0.3, 0.4) is 0 Å². The fourth-order valence-electron chi connectivity index (χ4n) is 2.41. The van der Waals surface area contributed by atoms with Gasteiger partial charge in [-0.1, -0.05) is 0 Å². The first-order valence-electron chi connectivity index (χ1n) is 6.84. The summed E-state index contributed by atoms with van der Waals surface area (Å²) < 4.78 is 10.4. The van der Waals surface area contributed by atoms with Crippen LogP contribution < -0.4 is 10.1 Å². The van der Waals surface area contributed by atoms with Crippen molar-refractivity contribution >= 4 is 5.69 Å². The largest absolute Gasteiger partial charge is 0.496 e. The summed E-state index contributed by atoms with van der Waals surface area (Å²) in [4.78, 5) is 10.5. The van der Waals surface area contributed by atoms with Crippen LogP contribution in [0, 0.1) is 10.1 Å². The van der Waals surface area contributed by atoms with Crippen molar-refractivity contribution in [3.05, 3.63) is 33.9 Å². The first kappa shape index (κ1) is 15.7. The topological polar surface area (TPSA) is 93.9 Å². The fraction of sp³-hybridized carbons (Fsp3) is 0.571. The van der Waals surface area contributed by atoms with E-state index in [0.717, 1.165) is 18.4 Å². The number of non-ortho nitro benzene ring substituents is 1. The van der Waals surface area contributed by atoms with Gasteiger partial charge in [-0.05, 0) is 24.5 Å². The van der Waals surface area contributed by atoms with Gasteiger partial charge in [-0.25, -0.2) is 0 Å². The van der Waals surface area contributed by atoms with Crippen LogP contribution in [-0.4, -0.2) is 42.5 Å². The Morgan fingerprint density at radius 3 is 2.71 bits per heavy atom. The van der Waals surface area contributed by atoms with Gasteiger partial charge >= 0.3 is 0 Å². The molecule has 0 aromatic heterocycles. The van der Waals surface area contributed by atoms with Crippen molar-refractivity contribution in [1.29, 1.82) is 0 Å². The first-order chi connectivity index (χ1) is 10.1. The molecule has 0 radical (unpaired) electrons. The monoisotopic (exact) mass is 296 g/mol. The van der Waals surface area contributed by atoms with Gasteiger partial charge in [0, 0.05) is 31.4 Å². The second-order valence-electron chi connectivity index (χ2n) is 5.20. The van der Waals surface area contributed by atoms with Gasteiger partial charge in [0.15, 0.2) is 0 Å². The van der Waals surface area contributed by atoms with Crippen molar-refractivity contribution in [2.24, 2.45) is 0 Å². The lowest BCUT2D eigenvalue weighted by atomic mass is 9.90. The van der Waals surface area contributed by atoms with E-state index in [-0.39, 0.29) is 17.8 Å². The normalized spacial score (nSPS) is 17.4. The molecule has 7 nitrogen and oxygen atoms in total. The Bertz CT molecular complexity index is 500. The van der Waals surface area contributed by atoms with Crippen LogP contribution in [0.25, 0.3) is 0 Å². The minimum absolute atomic E-state index is 0.00354. The number of rotatable bonds is 6. The number of aliphatic hydroxyl groups is 1. The van der Waals surface area contributed by atoms with Crippen LogP contribution in [-0.2, 0) is 11.3 Å². The highest BCUT2D eigenvalue weighted by atomic mass is 16.6. The minimum atomic E-state index is -0.442. The molecule has 21 heavy (non-hydrogen) atoms. The highest BCUT2D eigenvalue weighted by molar-refractivity contribution is 5.42. The van der Waals surface area contributed by atoms with E-state index in [1.165, 1.54) is 19.2 Å². The van der Waals surface area contributed by atoms with Gasteiger partial charge in [0.05, 0.1) is 24.7 Å². The molecule has 1 heterocycles. The van der Waals surface area contributed by atoms with Gasteiger partial charge in [-0.2, -0.15) is 0 Å². The maximum atomic E-state index is 10.9. The Balaban J connectivity index is 2.11. The quantitative estimate of drug-likeness (QED) is 0.606. The lowest BCUT2D eigenvalue weighted by Gasteiger charge is -2.36. The highest BCUT2D eigenvalue weighted by Crippen LogP contribution is 2.25. The predicted molar refractivity (Wildman–Crippen MR) is 76.4 cm³/mol. The zero-order valence-corrected chi connectivity index (χ0v) is 12.0. The zero-order chi connectivity index (χ0) is 15.3. The lowest BCUT2D eigenvalue weighted by Crippen LogP contribution is -2.51. The summed E-state index contributed by atoms with van der Waals surface area (Å²) in [5.41, 5.74) is 0.368. The number of hydrogen-bond acceptors (Lipinski definition) is 6. The van der Waals surface area contributed by atoms with Crippen molar-refractivity contribution in [3.63, 3.8) is 0 Å². The van der Waals surface area contributed by atoms with Crippen molar-refractivity contribution in [2.75, 3.05) is 26.9 Å². The first-order valence-corrected chi connectivity index (χ1v) is 6.84. The van der Waals surface area contributed by atoms with Crippen LogP contribution in [0.15, 0.2) is 18.2 Å². The van der Waals surface area contributed by atoms with Gasteiger partial charge < -0.3 is 19.9 Å². The van der Waals surface area contributed by atoms with E-state index in [1.54, 1.807) is 6.07 Å². The molecule has 1 fully saturated rings. The number of ether oxygens (including phenoxy) is 2. The van der Waals surface area contributed by atoms with E-state index in [4.69, 9.17) is 9.47 Å². The average Bonchev–Trinajstić information content (AvgIpc) is 2.53. The maximum Gasteiger partial charge on any atom is 0.273 e. The van der Waals surface area contributed by atoms with E-state index >= 15 is 0 Å². The molecular formula is C14H20N2O5. The molecule has 0 bridgehead atoms. The smallest absolute Gasteiger partial charge is 0.273 e. The van der Waals surface area contributed by atoms with Gasteiger partial charge in [-0.15, -0.1) is 0 Å². The third-order valence-corrected chi connectivity index (χ3v) is 3.82. The van der Waals surface area contributed by atoms with E-state index in [2.05, 4.69) is 5.32 Å². The molecule has 2 rings (SSSR count). The van der Waals surface area contributed by atoms with E-state index in [1.807, 2.05) is 0 Å². The Morgan fingerprint density at radius 1 is 1.43 bits per heavy atom. The Kier molecular flexibility index (Phi) is 5.11. The SMILES string of the molecule is COc1cc(CNC2(CO)CCOCC2)cc([N+](=O)[O-])c1. The Labute approximate surface area is 123 Å². The predicted octanol–water partition coefficient (Wildman–Crippen LogP) is 1.23. The van der Waals surface area contributed by atoms with Crippen LogP contribution in [0.2, 0.25) is 0 Å². The summed E-state index contributed by atoms with van der Waals surface area (Å²) >= 11 is 0. The minimum Gasteiger partial charge on any atom is -0.496 e. The van der Waals surface area contributed by atoms with Gasteiger partial charge in [0.2, 0.25) is 0 Å². The third-order valence-electron chi connectivity index (χ3n) is 3.82. The second kappa shape index (κ2) is 6.84. The van der Waals surface area contributed by atoms with Crippen molar-refractivity contribution in [3.8, 4) is 5.75 Å². The molecule has 0 amide bonds. The molecule has 1 aliphatic heterocycles. The highest BCUT2D eigenvalue weighted by Gasteiger charge is 2.31. The van der Waals surface area contributed by atoms with Crippen LogP contribution in [0.5, 0.6) is 5.75 Å². The number of nitrogens with zero attached hydrogens (tertiary/aromatic N) is 1. The molecule has 0 saturated carbocycles. The number of nitro benzene ring substituents is 1. The van der Waals surface area contributed by atoms with E-state index < -0.39 is 4.92 Å². The fourth-order valence-corrected chi connectivity index (χ4v) is 2.41. The number of aliphatic hydroxyl groups excluding tert-OH is 1. The third kappa shape index (κ3) is 3.90. The summed E-state index contributed by atoms with van der Waals surface area (Å²) in [5, 5.41) is 23.8. The molecule has 0 spiro atoms. The molecule has 7 heteroatoms. The number of nitrogens with one attached hydrogen (secondary N) is 1. The molecule has 0 aliphatic carbocycles. The molecule has 0 unspecified atom stereocenters. The number of benzene rings is 1. The van der Waals surface area contributed by atoms with Crippen molar-refractivity contribution in [2.45, 2.75) is 24.9 Å². The van der Waals surface area contributed by atoms with Gasteiger partial charge in [0.1, 0.15) is 5.75 Å². The van der Waals surface area contributed by atoms with Crippen LogP contribution in [0.4, 0.5) is 5.69 Å². The summed E-state index contributed by atoms with van der Waals surface area (Å²) in [6.45, 7) is 1.65. The molecule has 2 N–H and O–H groups in total. The second-order valence-corrected chi connectivity index (χ2v) is 5.20. The maximum absolute atomic E-state index is 10.9. The Hall–Kier alpha value is -1.70. The molecule has 1 aromatic carbocycles. The standard InChI is InChI=1S/C14H20N2O5/c1-20-13-7-11(6-12(8-13)16(18)19)9-15-14(10-17)2-4-21-5-3-14/h6-8,15,17H,2-5,9-10H2,1H3. The van der Waals surface area contributed by atoms with Gasteiger partial charge in [0.25, 0.3) is 5.69 Å². The Morgan fingerprint density at radius 2 is 2.14 bits per heavy atom. The summed E-state index contributed by atoms with van der Waals surface area (Å²) in [7, 11) is 1.48. The molecular weight excluding hydrogens is 276 g/mol. The zero-order valence-electron chi connectivity index (χ0n) is 12.0. The number of nitro groups is 1. The molecule has 116 valence electrons. The average molecular weight is 296 g/mol. The van der Waals surface area contributed by atoms with Crippen molar-refractivity contribution < 1.29 is 19.5 Å². The number of hydrogen-bond donors (Lipinski definition) is 2. The summed E-state index contributed by atoms with van der Waals surface area (Å²) in [5.74, 6) is 0.450. The molecule has 1 aliphatic rings. The van der Waals surface area contributed by atoms with Crippen LogP contribution in [0.1, 0.15) is 18.4 Å². The number of methoxy groups -OCH3 is 1. The van der Waals surface area contributed by atoms with E-state index in [0.29, 0.717) is 25.5 Å². The summed E-state index contributed by atoms with van der Waals surface area (Å²) in [6.07, 6.45) is 1.44. The van der Waals surface area contributed by atoms with Gasteiger partial charge in [-0.3, -0.25) is 10.1 Å². The van der Waals surface area contributed by atoms with Crippen LogP contribution >= 0.6 is 0 Å².